The van der Waals surface area contributed by atoms with Crippen molar-refractivity contribution in [3.8, 4) is 0 Å². The highest BCUT2D eigenvalue weighted by atomic mass is 16.5. The van der Waals surface area contributed by atoms with Crippen LogP contribution in [0.4, 0.5) is 0 Å². The number of aryl methyl sites for hydroxylation is 1. The van der Waals surface area contributed by atoms with Crippen LogP contribution in [0.15, 0.2) is 12.4 Å². The van der Waals surface area contributed by atoms with Gasteiger partial charge in [0.1, 0.15) is 6.10 Å². The minimum absolute atomic E-state index is 0.0816. The van der Waals surface area contributed by atoms with E-state index in [1.807, 2.05) is 6.92 Å². The first-order chi connectivity index (χ1) is 5.77. The minimum atomic E-state index is 0.0816. The normalized spacial score (nSPS) is 12.9. The van der Waals surface area contributed by atoms with Crippen LogP contribution in [0.5, 0.6) is 0 Å². The molecule has 12 heavy (non-hydrogen) atoms. The van der Waals surface area contributed by atoms with Gasteiger partial charge in [-0.3, -0.25) is 9.97 Å². The second-order valence-electron chi connectivity index (χ2n) is 2.72. The van der Waals surface area contributed by atoms with Crippen molar-refractivity contribution in [3.63, 3.8) is 0 Å². The SMILES string of the molecule is CC[C@@H](OC)c1cnc(C)cn1. The summed E-state index contributed by atoms with van der Waals surface area (Å²) in [7, 11) is 1.69. The van der Waals surface area contributed by atoms with Gasteiger partial charge in [0.15, 0.2) is 0 Å². The van der Waals surface area contributed by atoms with Crippen molar-refractivity contribution in [1.82, 2.24) is 9.97 Å². The smallest absolute Gasteiger partial charge is 0.100 e. The molecule has 3 nitrogen and oxygen atoms in total. The van der Waals surface area contributed by atoms with Gasteiger partial charge in [0, 0.05) is 13.3 Å². The van der Waals surface area contributed by atoms with E-state index < -0.39 is 0 Å². The molecule has 0 saturated carbocycles. The molecule has 0 radical (unpaired) electrons. The topological polar surface area (TPSA) is 35.0 Å². The number of hydrogen-bond acceptors (Lipinski definition) is 3. The van der Waals surface area contributed by atoms with Crippen LogP contribution in [0.25, 0.3) is 0 Å². The molecular weight excluding hydrogens is 152 g/mol. The molecule has 1 aromatic heterocycles. The van der Waals surface area contributed by atoms with Gasteiger partial charge < -0.3 is 4.74 Å². The molecule has 66 valence electrons. The van der Waals surface area contributed by atoms with Crippen molar-refractivity contribution in [1.29, 1.82) is 0 Å². The van der Waals surface area contributed by atoms with Gasteiger partial charge in [-0.15, -0.1) is 0 Å². The van der Waals surface area contributed by atoms with Crippen molar-refractivity contribution in [3.05, 3.63) is 23.8 Å². The van der Waals surface area contributed by atoms with Crippen molar-refractivity contribution in [2.24, 2.45) is 0 Å². The van der Waals surface area contributed by atoms with E-state index in [-0.39, 0.29) is 6.10 Å². The lowest BCUT2D eigenvalue weighted by Crippen LogP contribution is -2.03. The molecule has 0 aliphatic carbocycles. The molecular formula is C9H14N2O. The molecule has 1 atom stereocenters. The van der Waals surface area contributed by atoms with Gasteiger partial charge in [-0.2, -0.15) is 0 Å². The molecule has 0 aromatic carbocycles. The third kappa shape index (κ3) is 2.01. The van der Waals surface area contributed by atoms with Gasteiger partial charge in [-0.1, -0.05) is 6.92 Å². The summed E-state index contributed by atoms with van der Waals surface area (Å²) in [6.45, 7) is 3.99. The summed E-state index contributed by atoms with van der Waals surface area (Å²) < 4.78 is 5.22. The van der Waals surface area contributed by atoms with E-state index in [0.717, 1.165) is 17.8 Å². The average molecular weight is 166 g/mol. The standard InChI is InChI=1S/C9H14N2O/c1-4-9(12-3)8-6-10-7(2)5-11-8/h5-6,9H,4H2,1-3H3/t9-/m1/s1. The predicted molar refractivity (Wildman–Crippen MR) is 46.8 cm³/mol. The average Bonchev–Trinajstić information content (AvgIpc) is 2.10. The van der Waals surface area contributed by atoms with Gasteiger partial charge in [-0.05, 0) is 13.3 Å². The van der Waals surface area contributed by atoms with E-state index in [4.69, 9.17) is 4.74 Å². The molecule has 0 unspecified atom stereocenters. The number of hydrogen-bond donors (Lipinski definition) is 0. The summed E-state index contributed by atoms with van der Waals surface area (Å²) >= 11 is 0. The monoisotopic (exact) mass is 166 g/mol. The summed E-state index contributed by atoms with van der Waals surface area (Å²) in [5.41, 5.74) is 1.84. The molecule has 0 saturated heterocycles. The second-order valence-corrected chi connectivity index (χ2v) is 2.72. The maximum atomic E-state index is 5.22. The first-order valence-electron chi connectivity index (χ1n) is 4.09. The molecule has 0 N–H and O–H groups in total. The van der Waals surface area contributed by atoms with Crippen LogP contribution in [-0.4, -0.2) is 17.1 Å². The van der Waals surface area contributed by atoms with Crippen molar-refractivity contribution in [2.45, 2.75) is 26.4 Å². The third-order valence-corrected chi connectivity index (χ3v) is 1.79. The Bertz CT molecular complexity index is 229. The van der Waals surface area contributed by atoms with Crippen LogP contribution < -0.4 is 0 Å². The lowest BCUT2D eigenvalue weighted by molar-refractivity contribution is 0.0961. The zero-order valence-corrected chi connectivity index (χ0v) is 7.74. The number of aromatic nitrogens is 2. The lowest BCUT2D eigenvalue weighted by Gasteiger charge is -2.11. The predicted octanol–water partition coefficient (Wildman–Crippen LogP) is 1.88. The van der Waals surface area contributed by atoms with Crippen LogP contribution in [-0.2, 0) is 4.74 Å². The van der Waals surface area contributed by atoms with E-state index in [2.05, 4.69) is 16.9 Å². The Hall–Kier alpha value is -0.960. The zero-order valence-electron chi connectivity index (χ0n) is 7.74. The first-order valence-corrected chi connectivity index (χ1v) is 4.09. The molecule has 3 heteroatoms. The molecule has 0 spiro atoms. The van der Waals surface area contributed by atoms with Crippen LogP contribution in [0.2, 0.25) is 0 Å². The number of methoxy groups -OCH3 is 1. The fraction of sp³-hybridized carbons (Fsp3) is 0.556. The first kappa shape index (κ1) is 9.13. The van der Waals surface area contributed by atoms with Crippen LogP contribution in [0.1, 0.15) is 30.8 Å². The van der Waals surface area contributed by atoms with Crippen molar-refractivity contribution < 1.29 is 4.74 Å². The largest absolute Gasteiger partial charge is 0.375 e. The van der Waals surface area contributed by atoms with E-state index in [1.165, 1.54) is 0 Å². The second kappa shape index (κ2) is 4.16. The minimum Gasteiger partial charge on any atom is -0.375 e. The Morgan fingerprint density at radius 2 is 2.17 bits per heavy atom. The highest BCUT2D eigenvalue weighted by molar-refractivity contribution is 5.03. The quantitative estimate of drug-likeness (QED) is 0.687. The molecule has 1 rings (SSSR count). The molecule has 0 fully saturated rings. The van der Waals surface area contributed by atoms with Crippen molar-refractivity contribution >= 4 is 0 Å². The zero-order chi connectivity index (χ0) is 8.97. The fourth-order valence-electron chi connectivity index (χ4n) is 1.07. The number of rotatable bonds is 3. The van der Waals surface area contributed by atoms with Gasteiger partial charge in [-0.25, -0.2) is 0 Å². The van der Waals surface area contributed by atoms with Crippen LogP contribution >= 0.6 is 0 Å². The Kier molecular flexibility index (Phi) is 3.17. The highest BCUT2D eigenvalue weighted by Gasteiger charge is 2.08. The molecule has 1 heterocycles. The molecule has 0 aliphatic heterocycles. The molecule has 0 amide bonds. The summed E-state index contributed by atoms with van der Waals surface area (Å²) in [5, 5.41) is 0. The molecule has 0 bridgehead atoms. The molecule has 0 aliphatic rings. The number of nitrogens with zero attached hydrogens (tertiary/aromatic N) is 2. The Morgan fingerprint density at radius 1 is 1.42 bits per heavy atom. The molecule has 1 aromatic rings. The van der Waals surface area contributed by atoms with E-state index in [1.54, 1.807) is 19.5 Å². The van der Waals surface area contributed by atoms with Crippen molar-refractivity contribution in [2.75, 3.05) is 7.11 Å². The summed E-state index contributed by atoms with van der Waals surface area (Å²) in [6, 6.07) is 0. The third-order valence-electron chi connectivity index (χ3n) is 1.79. The van der Waals surface area contributed by atoms with Gasteiger partial charge in [0.05, 0.1) is 17.6 Å². The lowest BCUT2D eigenvalue weighted by atomic mass is 10.2. The summed E-state index contributed by atoms with van der Waals surface area (Å²) in [4.78, 5) is 8.39. The Balaban J connectivity index is 2.80. The maximum Gasteiger partial charge on any atom is 0.100 e. The van der Waals surface area contributed by atoms with E-state index >= 15 is 0 Å². The van der Waals surface area contributed by atoms with E-state index in [0.29, 0.717) is 0 Å². The van der Waals surface area contributed by atoms with Gasteiger partial charge >= 0.3 is 0 Å². The van der Waals surface area contributed by atoms with Gasteiger partial charge in [0.2, 0.25) is 0 Å². The summed E-state index contributed by atoms with van der Waals surface area (Å²) in [5.74, 6) is 0. The Morgan fingerprint density at radius 3 is 2.58 bits per heavy atom. The number of ether oxygens (including phenoxy) is 1. The maximum absolute atomic E-state index is 5.22. The highest BCUT2D eigenvalue weighted by Crippen LogP contribution is 2.16. The van der Waals surface area contributed by atoms with Crippen LogP contribution in [0.3, 0.4) is 0 Å². The summed E-state index contributed by atoms with van der Waals surface area (Å²) in [6.07, 6.45) is 4.54. The Labute approximate surface area is 72.8 Å². The fourth-order valence-corrected chi connectivity index (χ4v) is 1.07. The van der Waals surface area contributed by atoms with E-state index in [9.17, 15) is 0 Å². The van der Waals surface area contributed by atoms with Crippen LogP contribution in [0, 0.1) is 6.92 Å². The van der Waals surface area contributed by atoms with Gasteiger partial charge in [0.25, 0.3) is 0 Å².